The van der Waals surface area contributed by atoms with Crippen LogP contribution in [0.15, 0.2) is 42.7 Å². The lowest BCUT2D eigenvalue weighted by Gasteiger charge is -2.17. The van der Waals surface area contributed by atoms with Gasteiger partial charge in [-0.1, -0.05) is 12.1 Å². The predicted octanol–water partition coefficient (Wildman–Crippen LogP) is 3.18. The molecule has 2 heterocycles. The molecule has 2 aromatic heterocycles. The van der Waals surface area contributed by atoms with Gasteiger partial charge in [-0.05, 0) is 49.4 Å². The Bertz CT molecular complexity index is 1020. The zero-order valence-corrected chi connectivity index (χ0v) is 14.4. The van der Waals surface area contributed by atoms with E-state index >= 15 is 0 Å². The Hall–Kier alpha value is -3.33. The molecule has 1 unspecified atom stereocenters. The molecule has 1 aromatic carbocycles. The standard InChI is InChI=1S/C20H19N5O/c1-12(14-6-7-14)24-19-17(20(22)26)10-23-25-11-16(8-18(19)25)15-4-2-13(9-21)3-5-15/h2-5,8,10-12,14,24H,6-7H2,1H3,(H2,22,26). The average Bonchev–Trinajstić information content (AvgIpc) is 3.40. The van der Waals surface area contributed by atoms with E-state index in [4.69, 9.17) is 11.0 Å². The Morgan fingerprint density at radius 2 is 2.08 bits per heavy atom. The Kier molecular flexibility index (Phi) is 3.85. The van der Waals surface area contributed by atoms with Crippen LogP contribution in [-0.2, 0) is 0 Å². The molecular weight excluding hydrogens is 326 g/mol. The minimum atomic E-state index is -0.494. The first kappa shape index (κ1) is 16.2. The number of aromatic nitrogens is 2. The number of carbonyl (C=O) groups excluding carboxylic acids is 1. The highest BCUT2D eigenvalue weighted by molar-refractivity contribution is 6.02. The highest BCUT2D eigenvalue weighted by Crippen LogP contribution is 2.36. The summed E-state index contributed by atoms with van der Waals surface area (Å²) in [5, 5.41) is 16.8. The second-order valence-corrected chi connectivity index (χ2v) is 6.82. The summed E-state index contributed by atoms with van der Waals surface area (Å²) in [5.74, 6) is 0.142. The first-order valence-electron chi connectivity index (χ1n) is 8.65. The Labute approximate surface area is 151 Å². The van der Waals surface area contributed by atoms with Crippen LogP contribution in [0.25, 0.3) is 16.6 Å². The Balaban J connectivity index is 1.80. The minimum absolute atomic E-state index is 0.271. The van der Waals surface area contributed by atoms with E-state index in [1.54, 1.807) is 16.6 Å². The van der Waals surface area contributed by atoms with Crippen LogP contribution in [-0.4, -0.2) is 21.6 Å². The summed E-state index contributed by atoms with van der Waals surface area (Å²) in [6.45, 7) is 2.13. The smallest absolute Gasteiger partial charge is 0.252 e. The lowest BCUT2D eigenvalue weighted by molar-refractivity contribution is 0.100. The van der Waals surface area contributed by atoms with Crippen molar-refractivity contribution in [1.82, 2.24) is 9.61 Å². The second kappa shape index (κ2) is 6.19. The van der Waals surface area contributed by atoms with Gasteiger partial charge >= 0.3 is 0 Å². The third-order valence-corrected chi connectivity index (χ3v) is 4.95. The van der Waals surface area contributed by atoms with E-state index in [-0.39, 0.29) is 6.04 Å². The fourth-order valence-corrected chi connectivity index (χ4v) is 3.23. The van der Waals surface area contributed by atoms with E-state index in [1.807, 2.05) is 24.4 Å². The fraction of sp³-hybridized carbons (Fsp3) is 0.250. The predicted molar refractivity (Wildman–Crippen MR) is 99.7 cm³/mol. The van der Waals surface area contributed by atoms with E-state index in [2.05, 4.69) is 23.4 Å². The summed E-state index contributed by atoms with van der Waals surface area (Å²) in [5.41, 5.74) is 10.1. The number of carbonyl (C=O) groups is 1. The number of rotatable bonds is 5. The van der Waals surface area contributed by atoms with Gasteiger partial charge in [0, 0.05) is 17.8 Å². The van der Waals surface area contributed by atoms with Gasteiger partial charge in [0.25, 0.3) is 5.91 Å². The second-order valence-electron chi connectivity index (χ2n) is 6.82. The third kappa shape index (κ3) is 2.88. The van der Waals surface area contributed by atoms with Crippen LogP contribution in [0.1, 0.15) is 35.7 Å². The van der Waals surface area contributed by atoms with Gasteiger partial charge in [0.1, 0.15) is 0 Å². The molecule has 0 radical (unpaired) electrons. The summed E-state index contributed by atoms with van der Waals surface area (Å²) in [6.07, 6.45) is 5.84. The maximum atomic E-state index is 11.9. The third-order valence-electron chi connectivity index (χ3n) is 4.95. The molecule has 3 aromatic rings. The van der Waals surface area contributed by atoms with Crippen molar-refractivity contribution in [2.24, 2.45) is 11.7 Å². The average molecular weight is 345 g/mol. The van der Waals surface area contributed by atoms with Gasteiger partial charge in [-0.25, -0.2) is 4.52 Å². The quantitative estimate of drug-likeness (QED) is 0.742. The van der Waals surface area contributed by atoms with Gasteiger partial charge in [-0.15, -0.1) is 0 Å². The highest BCUT2D eigenvalue weighted by atomic mass is 16.1. The number of primary amides is 1. The first-order valence-corrected chi connectivity index (χ1v) is 8.65. The van der Waals surface area contributed by atoms with Crippen molar-refractivity contribution in [3.63, 3.8) is 0 Å². The van der Waals surface area contributed by atoms with Crippen molar-refractivity contribution in [3.05, 3.63) is 53.9 Å². The van der Waals surface area contributed by atoms with E-state index < -0.39 is 5.91 Å². The normalized spacial score (nSPS) is 14.8. The Morgan fingerprint density at radius 3 is 2.69 bits per heavy atom. The number of hydrogen-bond acceptors (Lipinski definition) is 4. The molecule has 130 valence electrons. The SMILES string of the molecule is CC(Nc1c(C(N)=O)cnn2cc(-c3ccc(C#N)cc3)cc12)C1CC1. The molecule has 3 N–H and O–H groups in total. The Morgan fingerprint density at radius 1 is 1.35 bits per heavy atom. The van der Waals surface area contributed by atoms with Crippen molar-refractivity contribution >= 4 is 17.1 Å². The molecule has 6 nitrogen and oxygen atoms in total. The maximum absolute atomic E-state index is 11.9. The number of nitrogens with zero attached hydrogens (tertiary/aromatic N) is 3. The molecular formula is C20H19N5O. The zero-order valence-electron chi connectivity index (χ0n) is 14.4. The number of nitriles is 1. The summed E-state index contributed by atoms with van der Waals surface area (Å²) in [4.78, 5) is 11.9. The number of benzene rings is 1. The number of anilines is 1. The molecule has 0 aliphatic heterocycles. The molecule has 0 bridgehead atoms. The van der Waals surface area contributed by atoms with Crippen molar-refractivity contribution in [3.8, 4) is 17.2 Å². The molecule has 1 amide bonds. The van der Waals surface area contributed by atoms with Crippen LogP contribution in [0.5, 0.6) is 0 Å². The number of nitrogens with two attached hydrogens (primary N) is 1. The zero-order chi connectivity index (χ0) is 18.3. The van der Waals surface area contributed by atoms with E-state index in [0.29, 0.717) is 17.0 Å². The fourth-order valence-electron chi connectivity index (χ4n) is 3.23. The van der Waals surface area contributed by atoms with Crippen LogP contribution >= 0.6 is 0 Å². The van der Waals surface area contributed by atoms with Gasteiger partial charge in [0.05, 0.1) is 34.6 Å². The maximum Gasteiger partial charge on any atom is 0.252 e. The first-order chi connectivity index (χ1) is 12.6. The highest BCUT2D eigenvalue weighted by Gasteiger charge is 2.29. The molecule has 0 spiro atoms. The van der Waals surface area contributed by atoms with Crippen LogP contribution in [0.4, 0.5) is 5.69 Å². The number of hydrogen-bond donors (Lipinski definition) is 2. The van der Waals surface area contributed by atoms with E-state index in [0.717, 1.165) is 22.3 Å². The van der Waals surface area contributed by atoms with Crippen LogP contribution < -0.4 is 11.1 Å². The van der Waals surface area contributed by atoms with Gasteiger partial charge in [-0.2, -0.15) is 10.4 Å². The summed E-state index contributed by atoms with van der Waals surface area (Å²) >= 11 is 0. The lowest BCUT2D eigenvalue weighted by atomic mass is 10.1. The lowest BCUT2D eigenvalue weighted by Crippen LogP contribution is -2.22. The van der Waals surface area contributed by atoms with Gasteiger partial charge in [-0.3, -0.25) is 4.79 Å². The van der Waals surface area contributed by atoms with E-state index in [9.17, 15) is 4.79 Å². The molecule has 1 aliphatic carbocycles. The molecule has 0 saturated heterocycles. The number of fused-ring (bicyclic) bond motifs is 1. The summed E-state index contributed by atoms with van der Waals surface area (Å²) in [6, 6.07) is 11.8. The van der Waals surface area contributed by atoms with Gasteiger partial charge in [0.2, 0.25) is 0 Å². The molecule has 4 rings (SSSR count). The summed E-state index contributed by atoms with van der Waals surface area (Å²) < 4.78 is 1.75. The largest absolute Gasteiger partial charge is 0.380 e. The summed E-state index contributed by atoms with van der Waals surface area (Å²) in [7, 11) is 0. The van der Waals surface area contributed by atoms with Crippen LogP contribution in [0.2, 0.25) is 0 Å². The van der Waals surface area contributed by atoms with Crippen LogP contribution in [0.3, 0.4) is 0 Å². The molecule has 1 atom stereocenters. The molecule has 1 fully saturated rings. The molecule has 6 heteroatoms. The van der Waals surface area contributed by atoms with Gasteiger partial charge in [0.15, 0.2) is 0 Å². The van der Waals surface area contributed by atoms with Crippen molar-refractivity contribution in [2.75, 3.05) is 5.32 Å². The van der Waals surface area contributed by atoms with Crippen molar-refractivity contribution < 1.29 is 4.79 Å². The number of nitrogens with one attached hydrogen (secondary N) is 1. The minimum Gasteiger partial charge on any atom is -0.380 e. The molecule has 26 heavy (non-hydrogen) atoms. The van der Waals surface area contributed by atoms with E-state index in [1.165, 1.54) is 19.0 Å². The van der Waals surface area contributed by atoms with Crippen LogP contribution in [0, 0.1) is 17.2 Å². The molecule has 1 aliphatic rings. The topological polar surface area (TPSA) is 96.2 Å². The monoisotopic (exact) mass is 345 g/mol. The van der Waals surface area contributed by atoms with Gasteiger partial charge < -0.3 is 11.1 Å². The van der Waals surface area contributed by atoms with Crippen molar-refractivity contribution in [2.45, 2.75) is 25.8 Å². The van der Waals surface area contributed by atoms with Crippen molar-refractivity contribution in [1.29, 1.82) is 5.26 Å². The number of amides is 1. The molecule has 1 saturated carbocycles.